The zero-order valence-corrected chi connectivity index (χ0v) is 15.8. The predicted octanol–water partition coefficient (Wildman–Crippen LogP) is -1.35. The largest absolute Gasteiger partial charge is 0.479 e. The normalized spacial score (nSPS) is 27.5. The van der Waals surface area contributed by atoms with Crippen LogP contribution < -0.4 is 10.0 Å². The van der Waals surface area contributed by atoms with Crippen LogP contribution in [0.4, 0.5) is 11.5 Å². The fourth-order valence-corrected chi connectivity index (χ4v) is 4.35. The van der Waals surface area contributed by atoms with Gasteiger partial charge >= 0.3 is 5.97 Å². The third kappa shape index (κ3) is 3.77. The van der Waals surface area contributed by atoms with Crippen LogP contribution in [0, 0.1) is 6.92 Å². The number of hydrogen-bond donors (Lipinski definition) is 5. The maximum atomic E-state index is 13.3. The van der Waals surface area contributed by atoms with Gasteiger partial charge in [0.15, 0.2) is 18.1 Å². The predicted molar refractivity (Wildman–Crippen MR) is 96.1 cm³/mol. The number of nitrogen functional groups attached to an aromatic ring is 1. The molecule has 13 heteroatoms. The van der Waals surface area contributed by atoms with Gasteiger partial charge in [0.05, 0.1) is 4.90 Å². The Kier molecular flexibility index (Phi) is 5.51. The number of hydrogen-bond acceptors (Lipinski definition) is 10. The SMILES string of the molecule is Cc1cc(N([C@@H]2O[C@H](C(=O)O)[C@@H](O)[C@H](O)[C@@H]2O)S(=O)(=O)c2ccc(N)cc2)no1. The molecule has 29 heavy (non-hydrogen) atoms. The lowest BCUT2D eigenvalue weighted by molar-refractivity contribution is -0.224. The Morgan fingerprint density at radius 1 is 1.14 bits per heavy atom. The van der Waals surface area contributed by atoms with E-state index in [0.29, 0.717) is 9.99 Å². The van der Waals surface area contributed by atoms with Gasteiger partial charge in [-0.25, -0.2) is 17.5 Å². The van der Waals surface area contributed by atoms with Crippen molar-refractivity contribution in [2.45, 2.75) is 42.5 Å². The summed E-state index contributed by atoms with van der Waals surface area (Å²) in [5.41, 5.74) is 5.88. The fraction of sp³-hybridized carbons (Fsp3) is 0.375. The first kappa shape index (κ1) is 21.0. The Morgan fingerprint density at radius 2 is 1.76 bits per heavy atom. The van der Waals surface area contributed by atoms with E-state index in [1.165, 1.54) is 37.3 Å². The van der Waals surface area contributed by atoms with E-state index in [0.717, 1.165) is 0 Å². The van der Waals surface area contributed by atoms with Crippen LogP contribution in [-0.4, -0.2) is 70.6 Å². The zero-order valence-electron chi connectivity index (χ0n) is 15.0. The minimum atomic E-state index is -4.50. The van der Waals surface area contributed by atoms with E-state index in [2.05, 4.69) is 5.16 Å². The second kappa shape index (κ2) is 7.61. The van der Waals surface area contributed by atoms with E-state index in [9.17, 15) is 33.6 Å². The van der Waals surface area contributed by atoms with Gasteiger partial charge in [0.25, 0.3) is 10.0 Å². The van der Waals surface area contributed by atoms with Crippen LogP contribution in [0.15, 0.2) is 39.8 Å². The van der Waals surface area contributed by atoms with Gasteiger partial charge in [0.2, 0.25) is 0 Å². The van der Waals surface area contributed by atoms with Crippen LogP contribution in [-0.2, 0) is 19.6 Å². The molecule has 0 unspecified atom stereocenters. The molecule has 158 valence electrons. The van der Waals surface area contributed by atoms with Crippen molar-refractivity contribution < 1.29 is 42.9 Å². The van der Waals surface area contributed by atoms with E-state index in [-0.39, 0.29) is 16.5 Å². The molecule has 0 bridgehead atoms. The number of aliphatic hydroxyl groups is 3. The molecule has 1 aromatic heterocycles. The molecule has 5 atom stereocenters. The van der Waals surface area contributed by atoms with E-state index < -0.39 is 46.6 Å². The van der Waals surface area contributed by atoms with E-state index in [1.54, 1.807) is 0 Å². The Balaban J connectivity index is 2.13. The lowest BCUT2D eigenvalue weighted by atomic mass is 9.98. The topological polar surface area (TPSA) is 197 Å². The number of carboxylic acids is 1. The number of ether oxygens (including phenoxy) is 1. The van der Waals surface area contributed by atoms with E-state index in [4.69, 9.17) is 15.0 Å². The Labute approximate surface area is 164 Å². The molecule has 1 aliphatic heterocycles. The number of nitrogens with two attached hydrogens (primary N) is 1. The number of aliphatic hydroxyl groups excluding tert-OH is 3. The molecule has 6 N–H and O–H groups in total. The van der Waals surface area contributed by atoms with Crippen LogP contribution in [0.2, 0.25) is 0 Å². The fourth-order valence-electron chi connectivity index (χ4n) is 2.86. The van der Waals surface area contributed by atoms with Gasteiger partial charge < -0.3 is 35.4 Å². The number of benzene rings is 1. The van der Waals surface area contributed by atoms with E-state index >= 15 is 0 Å². The lowest BCUT2D eigenvalue weighted by Crippen LogP contribution is -2.65. The summed E-state index contributed by atoms with van der Waals surface area (Å²) in [6.45, 7) is 1.49. The highest BCUT2D eigenvalue weighted by atomic mass is 32.2. The van der Waals surface area contributed by atoms with Crippen molar-refractivity contribution in [2.24, 2.45) is 0 Å². The summed E-state index contributed by atoms with van der Waals surface area (Å²) in [4.78, 5) is 11.1. The van der Waals surface area contributed by atoms with Crippen molar-refractivity contribution in [1.82, 2.24) is 5.16 Å². The average molecular weight is 429 g/mol. The van der Waals surface area contributed by atoms with E-state index in [1.807, 2.05) is 0 Å². The first-order valence-electron chi connectivity index (χ1n) is 8.30. The van der Waals surface area contributed by atoms with Gasteiger partial charge in [-0.15, -0.1) is 0 Å². The van der Waals surface area contributed by atoms with Crippen molar-refractivity contribution >= 4 is 27.5 Å². The molecule has 0 spiro atoms. The van der Waals surface area contributed by atoms with Crippen LogP contribution in [0.1, 0.15) is 5.76 Å². The first-order valence-corrected chi connectivity index (χ1v) is 9.74. The maximum Gasteiger partial charge on any atom is 0.335 e. The quantitative estimate of drug-likeness (QED) is 0.352. The van der Waals surface area contributed by atoms with Gasteiger partial charge in [-0.1, -0.05) is 5.16 Å². The molecule has 0 saturated carbocycles. The van der Waals surface area contributed by atoms with Crippen molar-refractivity contribution in [2.75, 3.05) is 10.0 Å². The Hall–Kier alpha value is -2.71. The summed E-state index contributed by atoms with van der Waals surface area (Å²) in [7, 11) is -4.50. The number of sulfonamides is 1. The first-order chi connectivity index (χ1) is 13.5. The molecule has 12 nitrogen and oxygen atoms in total. The summed E-state index contributed by atoms with van der Waals surface area (Å²) >= 11 is 0. The molecule has 0 radical (unpaired) electrons. The summed E-state index contributed by atoms with van der Waals surface area (Å²) < 4.78 is 37.1. The maximum absolute atomic E-state index is 13.3. The van der Waals surface area contributed by atoms with Gasteiger partial charge in [-0.3, -0.25) is 0 Å². The minimum absolute atomic E-state index is 0.221. The molecule has 2 heterocycles. The standard InChI is InChI=1S/C16H19N3O9S/c1-7-6-10(18-28-7)19(29(25,26)9-4-2-8(17)3-5-9)15-13(22)11(20)12(21)14(27-15)16(23)24/h2-6,11-15,20-22H,17H2,1H3,(H,23,24)/t11-,12-,13-,14-,15+/m0/s1. The highest BCUT2D eigenvalue weighted by molar-refractivity contribution is 7.92. The third-order valence-electron chi connectivity index (χ3n) is 4.34. The van der Waals surface area contributed by atoms with Crippen molar-refractivity contribution in [3.8, 4) is 0 Å². The number of aromatic nitrogens is 1. The molecule has 0 aliphatic carbocycles. The van der Waals surface area contributed by atoms with Crippen LogP contribution in [0.5, 0.6) is 0 Å². The second-order valence-corrected chi connectivity index (χ2v) is 8.24. The molecule has 2 aromatic rings. The highest BCUT2D eigenvalue weighted by Gasteiger charge is 2.52. The lowest BCUT2D eigenvalue weighted by Gasteiger charge is -2.42. The summed E-state index contributed by atoms with van der Waals surface area (Å²) in [5, 5.41) is 43.2. The van der Waals surface area contributed by atoms with Gasteiger partial charge in [0, 0.05) is 11.8 Å². The zero-order chi connectivity index (χ0) is 21.5. The molecule has 1 saturated heterocycles. The highest BCUT2D eigenvalue weighted by Crippen LogP contribution is 2.32. The summed E-state index contributed by atoms with van der Waals surface area (Å²) in [5.74, 6) is -1.76. The second-order valence-electron chi connectivity index (χ2n) is 6.42. The molecule has 1 aliphatic rings. The molecule has 1 aromatic carbocycles. The third-order valence-corrected chi connectivity index (χ3v) is 6.12. The molecule has 1 fully saturated rings. The number of nitrogens with zero attached hydrogens (tertiary/aromatic N) is 2. The summed E-state index contributed by atoms with van der Waals surface area (Å²) in [6.07, 6.45) is -9.93. The molecular weight excluding hydrogens is 410 g/mol. The number of rotatable bonds is 5. The molecular formula is C16H19N3O9S. The Bertz CT molecular complexity index is 991. The molecule has 3 rings (SSSR count). The van der Waals surface area contributed by atoms with Crippen LogP contribution in [0.3, 0.4) is 0 Å². The smallest absolute Gasteiger partial charge is 0.335 e. The number of carboxylic acid groups (broad SMARTS) is 1. The Morgan fingerprint density at radius 3 is 2.28 bits per heavy atom. The van der Waals surface area contributed by atoms with Crippen molar-refractivity contribution in [1.29, 1.82) is 0 Å². The average Bonchev–Trinajstić information content (AvgIpc) is 3.07. The van der Waals surface area contributed by atoms with Crippen LogP contribution >= 0.6 is 0 Å². The minimum Gasteiger partial charge on any atom is -0.479 e. The number of aliphatic carboxylic acids is 1. The summed E-state index contributed by atoms with van der Waals surface area (Å²) in [6, 6.07) is 6.27. The number of carbonyl (C=O) groups is 1. The molecule has 0 amide bonds. The monoisotopic (exact) mass is 429 g/mol. The van der Waals surface area contributed by atoms with Gasteiger partial charge in [-0.2, -0.15) is 0 Å². The van der Waals surface area contributed by atoms with Gasteiger partial charge in [0.1, 0.15) is 24.1 Å². The van der Waals surface area contributed by atoms with Gasteiger partial charge in [-0.05, 0) is 31.2 Å². The van der Waals surface area contributed by atoms with Crippen molar-refractivity contribution in [3.63, 3.8) is 0 Å². The van der Waals surface area contributed by atoms with Crippen LogP contribution in [0.25, 0.3) is 0 Å². The van der Waals surface area contributed by atoms with Crippen molar-refractivity contribution in [3.05, 3.63) is 36.1 Å². The number of anilines is 2. The number of aryl methyl sites for hydroxylation is 1.